The molecule has 0 saturated heterocycles. The summed E-state index contributed by atoms with van der Waals surface area (Å²) < 4.78 is 0. The van der Waals surface area contributed by atoms with E-state index < -0.39 is 11.5 Å². The van der Waals surface area contributed by atoms with Crippen molar-refractivity contribution < 1.29 is 9.90 Å². The van der Waals surface area contributed by atoms with Crippen LogP contribution in [0.25, 0.3) is 10.8 Å². The van der Waals surface area contributed by atoms with Crippen molar-refractivity contribution in [3.8, 4) is 0 Å². The van der Waals surface area contributed by atoms with Crippen molar-refractivity contribution >= 4 is 16.7 Å². The van der Waals surface area contributed by atoms with E-state index in [0.29, 0.717) is 6.42 Å². The fourth-order valence-electron chi connectivity index (χ4n) is 2.24. The van der Waals surface area contributed by atoms with E-state index in [9.17, 15) is 9.90 Å². The lowest BCUT2D eigenvalue weighted by atomic mass is 9.89. The van der Waals surface area contributed by atoms with Crippen molar-refractivity contribution in [1.29, 1.82) is 0 Å². The fourth-order valence-corrected chi connectivity index (χ4v) is 2.24. The van der Waals surface area contributed by atoms with Crippen molar-refractivity contribution in [3.05, 3.63) is 48.0 Å². The molecule has 2 aromatic rings. The molecular weight excluding hydrogens is 238 g/mol. The summed E-state index contributed by atoms with van der Waals surface area (Å²) in [5.41, 5.74) is 0.168. The molecule has 0 saturated carbocycles. The lowest BCUT2D eigenvalue weighted by molar-refractivity contribution is -0.148. The Balaban J connectivity index is 2.48. The van der Waals surface area contributed by atoms with Crippen LogP contribution >= 0.6 is 0 Å². The van der Waals surface area contributed by atoms with Gasteiger partial charge >= 0.3 is 5.97 Å². The topological polar surface area (TPSA) is 40.5 Å². The molecule has 2 rings (SSSR count). The summed E-state index contributed by atoms with van der Waals surface area (Å²) in [7, 11) is 3.61. The van der Waals surface area contributed by atoms with Gasteiger partial charge in [-0.1, -0.05) is 42.5 Å². The van der Waals surface area contributed by atoms with Crippen molar-refractivity contribution in [1.82, 2.24) is 4.90 Å². The van der Waals surface area contributed by atoms with Gasteiger partial charge in [-0.2, -0.15) is 0 Å². The third-order valence-corrected chi connectivity index (χ3v) is 3.86. The number of benzene rings is 2. The molecule has 0 heterocycles. The number of fused-ring (bicyclic) bond motifs is 1. The van der Waals surface area contributed by atoms with Crippen LogP contribution in [0.15, 0.2) is 42.5 Å². The van der Waals surface area contributed by atoms with Gasteiger partial charge in [-0.15, -0.1) is 0 Å². The van der Waals surface area contributed by atoms with Crippen LogP contribution in [-0.4, -0.2) is 35.6 Å². The lowest BCUT2D eigenvalue weighted by Crippen LogP contribution is -2.50. The SMILES string of the molecule is CN(C)C(C)(Cc1cccc2ccccc12)C(=O)O. The Labute approximate surface area is 113 Å². The Kier molecular flexibility index (Phi) is 3.58. The summed E-state index contributed by atoms with van der Waals surface area (Å²) in [5.74, 6) is -0.801. The Morgan fingerprint density at radius 2 is 1.79 bits per heavy atom. The summed E-state index contributed by atoms with van der Waals surface area (Å²) >= 11 is 0. The summed E-state index contributed by atoms with van der Waals surface area (Å²) in [6.07, 6.45) is 0.483. The van der Waals surface area contributed by atoms with Crippen LogP contribution in [-0.2, 0) is 11.2 Å². The zero-order valence-corrected chi connectivity index (χ0v) is 11.6. The molecule has 0 amide bonds. The van der Waals surface area contributed by atoms with E-state index in [4.69, 9.17) is 0 Å². The molecule has 2 aromatic carbocycles. The maximum Gasteiger partial charge on any atom is 0.324 e. The van der Waals surface area contributed by atoms with Crippen LogP contribution in [0.3, 0.4) is 0 Å². The van der Waals surface area contributed by atoms with Crippen LogP contribution in [0.4, 0.5) is 0 Å². The maximum atomic E-state index is 11.6. The second kappa shape index (κ2) is 5.02. The van der Waals surface area contributed by atoms with Gasteiger partial charge in [-0.3, -0.25) is 9.69 Å². The maximum absolute atomic E-state index is 11.6. The average Bonchev–Trinajstić information content (AvgIpc) is 2.38. The minimum atomic E-state index is -0.899. The monoisotopic (exact) mass is 257 g/mol. The summed E-state index contributed by atoms with van der Waals surface area (Å²) in [6, 6.07) is 14.1. The van der Waals surface area contributed by atoms with Crippen molar-refractivity contribution in [2.24, 2.45) is 0 Å². The van der Waals surface area contributed by atoms with E-state index in [1.165, 1.54) is 0 Å². The van der Waals surface area contributed by atoms with Crippen molar-refractivity contribution in [3.63, 3.8) is 0 Å². The minimum absolute atomic E-state index is 0.483. The van der Waals surface area contributed by atoms with Gasteiger partial charge in [-0.05, 0) is 37.4 Å². The molecular formula is C16H19NO2. The largest absolute Gasteiger partial charge is 0.480 e. The molecule has 3 nitrogen and oxygen atoms in total. The number of carboxylic acids is 1. The van der Waals surface area contributed by atoms with Crippen LogP contribution in [0.1, 0.15) is 12.5 Å². The molecule has 1 unspecified atom stereocenters. The normalized spacial score (nSPS) is 14.5. The van der Waals surface area contributed by atoms with E-state index >= 15 is 0 Å². The van der Waals surface area contributed by atoms with Gasteiger partial charge in [-0.25, -0.2) is 0 Å². The first-order valence-corrected chi connectivity index (χ1v) is 6.32. The minimum Gasteiger partial charge on any atom is -0.480 e. The summed E-state index contributed by atoms with van der Waals surface area (Å²) in [5, 5.41) is 11.8. The van der Waals surface area contributed by atoms with E-state index in [1.807, 2.05) is 42.5 Å². The van der Waals surface area contributed by atoms with E-state index in [0.717, 1.165) is 16.3 Å². The first kappa shape index (κ1) is 13.6. The molecule has 100 valence electrons. The number of aliphatic carboxylic acids is 1. The molecule has 0 aromatic heterocycles. The molecule has 3 heteroatoms. The van der Waals surface area contributed by atoms with Crippen LogP contribution < -0.4 is 0 Å². The van der Waals surface area contributed by atoms with Gasteiger partial charge in [0.15, 0.2) is 0 Å². The Bertz CT molecular complexity index is 601. The zero-order valence-electron chi connectivity index (χ0n) is 11.6. The quantitative estimate of drug-likeness (QED) is 0.915. The number of nitrogens with zero attached hydrogens (tertiary/aromatic N) is 1. The molecule has 0 aliphatic rings. The van der Waals surface area contributed by atoms with Gasteiger partial charge in [0.2, 0.25) is 0 Å². The van der Waals surface area contributed by atoms with Crippen LogP contribution in [0, 0.1) is 0 Å². The molecule has 0 fully saturated rings. The third kappa shape index (κ3) is 2.47. The number of rotatable bonds is 4. The highest BCUT2D eigenvalue weighted by Crippen LogP contribution is 2.25. The number of likely N-dealkylation sites (N-methyl/N-ethyl adjacent to an activating group) is 1. The summed E-state index contributed by atoms with van der Waals surface area (Å²) in [6.45, 7) is 1.76. The molecule has 0 bridgehead atoms. The van der Waals surface area contributed by atoms with E-state index in [1.54, 1.807) is 25.9 Å². The highest BCUT2D eigenvalue weighted by atomic mass is 16.4. The smallest absolute Gasteiger partial charge is 0.324 e. The second-order valence-corrected chi connectivity index (χ2v) is 5.29. The Morgan fingerprint density at radius 1 is 1.16 bits per heavy atom. The molecule has 19 heavy (non-hydrogen) atoms. The molecule has 0 aliphatic carbocycles. The second-order valence-electron chi connectivity index (χ2n) is 5.29. The highest BCUT2D eigenvalue weighted by Gasteiger charge is 2.36. The molecule has 1 N–H and O–H groups in total. The molecule has 1 atom stereocenters. The number of carboxylic acid groups (broad SMARTS) is 1. The zero-order chi connectivity index (χ0) is 14.0. The van der Waals surface area contributed by atoms with E-state index in [2.05, 4.69) is 0 Å². The number of hydrogen-bond donors (Lipinski definition) is 1. The predicted octanol–water partition coefficient (Wildman–Crippen LogP) is 2.79. The first-order chi connectivity index (χ1) is 8.95. The average molecular weight is 257 g/mol. The molecule has 0 aliphatic heterocycles. The van der Waals surface area contributed by atoms with Gasteiger partial charge in [0.25, 0.3) is 0 Å². The van der Waals surface area contributed by atoms with Crippen LogP contribution in [0.5, 0.6) is 0 Å². The highest BCUT2D eigenvalue weighted by molar-refractivity contribution is 5.87. The van der Waals surface area contributed by atoms with Gasteiger partial charge < -0.3 is 5.11 Å². The predicted molar refractivity (Wildman–Crippen MR) is 77.4 cm³/mol. The lowest BCUT2D eigenvalue weighted by Gasteiger charge is -2.32. The Hall–Kier alpha value is -1.87. The van der Waals surface area contributed by atoms with Gasteiger partial charge in [0.05, 0.1) is 0 Å². The molecule has 0 radical (unpaired) electrons. The first-order valence-electron chi connectivity index (χ1n) is 6.32. The van der Waals surface area contributed by atoms with Crippen molar-refractivity contribution in [2.75, 3.05) is 14.1 Å². The standard InChI is InChI=1S/C16H19NO2/c1-16(15(18)19,17(2)3)11-13-9-6-8-12-7-4-5-10-14(12)13/h4-10H,11H2,1-3H3,(H,18,19). The van der Waals surface area contributed by atoms with Crippen molar-refractivity contribution in [2.45, 2.75) is 18.9 Å². The number of hydrogen-bond acceptors (Lipinski definition) is 2. The third-order valence-electron chi connectivity index (χ3n) is 3.86. The van der Waals surface area contributed by atoms with Gasteiger partial charge in [0.1, 0.15) is 5.54 Å². The molecule has 0 spiro atoms. The fraction of sp³-hybridized carbons (Fsp3) is 0.312. The van der Waals surface area contributed by atoms with E-state index in [-0.39, 0.29) is 0 Å². The van der Waals surface area contributed by atoms with Gasteiger partial charge in [0, 0.05) is 6.42 Å². The number of carbonyl (C=O) groups is 1. The van der Waals surface area contributed by atoms with Crippen LogP contribution in [0.2, 0.25) is 0 Å². The Morgan fingerprint density at radius 3 is 2.42 bits per heavy atom. The summed E-state index contributed by atoms with van der Waals surface area (Å²) in [4.78, 5) is 13.3.